The number of pyridine rings is 1. The molecule has 9 heteroatoms. The van der Waals surface area contributed by atoms with E-state index in [0.29, 0.717) is 17.7 Å². The first-order chi connectivity index (χ1) is 15.2. The van der Waals surface area contributed by atoms with Gasteiger partial charge in [0, 0.05) is 48.0 Å². The van der Waals surface area contributed by atoms with Crippen LogP contribution in [0.2, 0.25) is 0 Å². The third kappa shape index (κ3) is 4.33. The number of fused-ring (bicyclic) bond motifs is 1. The summed E-state index contributed by atoms with van der Waals surface area (Å²) in [6, 6.07) is 14.3. The van der Waals surface area contributed by atoms with Crippen LogP contribution < -0.4 is 14.9 Å². The number of carbonyl (C=O) groups is 2. The first-order valence-electron chi connectivity index (χ1n) is 10.0. The molecule has 1 aliphatic rings. The molecule has 2 aromatic carbocycles. The van der Waals surface area contributed by atoms with Crippen LogP contribution in [0.15, 0.2) is 71.9 Å². The van der Waals surface area contributed by atoms with Crippen LogP contribution in [0, 0.1) is 0 Å². The Morgan fingerprint density at radius 3 is 2.50 bits per heavy atom. The number of anilines is 3. The lowest BCUT2D eigenvalue weighted by Crippen LogP contribution is -2.33. The Labute approximate surface area is 186 Å². The number of benzene rings is 2. The largest absolute Gasteiger partial charge is 0.322 e. The minimum atomic E-state index is -3.88. The van der Waals surface area contributed by atoms with Crippen molar-refractivity contribution in [2.45, 2.75) is 31.2 Å². The fraction of sp³-hybridized carbons (Fsp3) is 0.174. The average Bonchev–Trinajstić information content (AvgIpc) is 3.09. The molecule has 0 spiro atoms. The standard InChI is InChI=1S/C23H22N4O4S/c1-15-12-18-14-21(6-7-22(18)27(15)16(2)28)32(30,31)26-20-5-3-4-17(13-20)23(29)25-19-8-10-24-11-9-19/h3-11,13-15,26H,12H2,1-2H3,(H,24,25,29). The lowest BCUT2D eigenvalue weighted by molar-refractivity contribution is -0.116. The molecule has 0 aliphatic carbocycles. The first kappa shape index (κ1) is 21.5. The molecule has 0 radical (unpaired) electrons. The van der Waals surface area contributed by atoms with Crippen molar-refractivity contribution in [2.75, 3.05) is 14.9 Å². The number of rotatable bonds is 5. The summed E-state index contributed by atoms with van der Waals surface area (Å²) in [4.78, 5) is 30.1. The van der Waals surface area contributed by atoms with E-state index in [4.69, 9.17) is 0 Å². The maximum absolute atomic E-state index is 13.0. The molecule has 3 aromatic rings. The topological polar surface area (TPSA) is 108 Å². The van der Waals surface area contributed by atoms with Crippen LogP contribution in [0.1, 0.15) is 29.8 Å². The highest BCUT2D eigenvalue weighted by Crippen LogP contribution is 2.34. The second kappa shape index (κ2) is 8.43. The molecule has 2 heterocycles. The molecule has 2 amide bonds. The summed E-state index contributed by atoms with van der Waals surface area (Å²) < 4.78 is 28.5. The molecule has 1 unspecified atom stereocenters. The summed E-state index contributed by atoms with van der Waals surface area (Å²) in [7, 11) is -3.88. The predicted octanol–water partition coefficient (Wildman–Crippen LogP) is 3.43. The van der Waals surface area contributed by atoms with Gasteiger partial charge in [-0.2, -0.15) is 0 Å². The first-order valence-corrected chi connectivity index (χ1v) is 11.5. The molecule has 164 valence electrons. The van der Waals surface area contributed by atoms with Crippen LogP contribution >= 0.6 is 0 Å². The van der Waals surface area contributed by atoms with Crippen molar-refractivity contribution >= 4 is 38.9 Å². The molecule has 0 saturated heterocycles. The SMILES string of the molecule is CC(=O)N1c2ccc(S(=O)(=O)Nc3cccc(C(=O)Nc4ccncc4)c3)cc2CC1C. The number of nitrogens with one attached hydrogen (secondary N) is 2. The summed E-state index contributed by atoms with van der Waals surface area (Å²) in [5.41, 5.74) is 2.70. The summed E-state index contributed by atoms with van der Waals surface area (Å²) in [5.74, 6) is -0.445. The molecule has 1 aliphatic heterocycles. The van der Waals surface area contributed by atoms with Gasteiger partial charge in [-0.3, -0.25) is 19.3 Å². The van der Waals surface area contributed by atoms with E-state index >= 15 is 0 Å². The van der Waals surface area contributed by atoms with Gasteiger partial charge in [-0.25, -0.2) is 8.42 Å². The van der Waals surface area contributed by atoms with Crippen LogP contribution in [0.3, 0.4) is 0 Å². The summed E-state index contributed by atoms with van der Waals surface area (Å²) >= 11 is 0. The molecule has 0 bridgehead atoms. The molecule has 2 N–H and O–H groups in total. The lowest BCUT2D eigenvalue weighted by Gasteiger charge is -2.20. The lowest BCUT2D eigenvalue weighted by atomic mass is 10.1. The zero-order chi connectivity index (χ0) is 22.9. The van der Waals surface area contributed by atoms with Crippen molar-refractivity contribution in [1.29, 1.82) is 0 Å². The second-order valence-electron chi connectivity index (χ2n) is 7.61. The van der Waals surface area contributed by atoms with Gasteiger partial charge in [-0.05, 0) is 67.4 Å². The van der Waals surface area contributed by atoms with Crippen molar-refractivity contribution in [3.8, 4) is 0 Å². The van der Waals surface area contributed by atoms with E-state index in [1.807, 2.05) is 6.92 Å². The van der Waals surface area contributed by atoms with Gasteiger partial charge in [0.1, 0.15) is 0 Å². The number of aromatic nitrogens is 1. The molecule has 1 atom stereocenters. The molecular weight excluding hydrogens is 428 g/mol. The molecular formula is C23H22N4O4S. The van der Waals surface area contributed by atoms with Gasteiger partial charge in [0.05, 0.1) is 4.90 Å². The summed E-state index contributed by atoms with van der Waals surface area (Å²) in [6.07, 6.45) is 3.71. The van der Waals surface area contributed by atoms with Crippen LogP contribution in [-0.4, -0.2) is 31.3 Å². The molecule has 0 saturated carbocycles. The second-order valence-corrected chi connectivity index (χ2v) is 9.29. The van der Waals surface area contributed by atoms with Crippen molar-refractivity contribution in [3.63, 3.8) is 0 Å². The number of amides is 2. The number of hydrogen-bond acceptors (Lipinski definition) is 5. The predicted molar refractivity (Wildman–Crippen MR) is 122 cm³/mol. The normalized spacial score (nSPS) is 15.2. The van der Waals surface area contributed by atoms with Crippen LogP contribution in [0.25, 0.3) is 0 Å². The zero-order valence-electron chi connectivity index (χ0n) is 17.6. The number of sulfonamides is 1. The van der Waals surface area contributed by atoms with E-state index in [1.165, 1.54) is 19.1 Å². The van der Waals surface area contributed by atoms with Gasteiger partial charge in [0.25, 0.3) is 15.9 Å². The Bertz CT molecular complexity index is 1290. The zero-order valence-corrected chi connectivity index (χ0v) is 18.4. The Morgan fingerprint density at radius 2 is 1.78 bits per heavy atom. The van der Waals surface area contributed by atoms with E-state index in [0.717, 1.165) is 11.3 Å². The molecule has 1 aromatic heterocycles. The highest BCUT2D eigenvalue weighted by Gasteiger charge is 2.30. The van der Waals surface area contributed by atoms with Gasteiger partial charge in [-0.15, -0.1) is 0 Å². The number of hydrogen-bond donors (Lipinski definition) is 2. The fourth-order valence-corrected chi connectivity index (χ4v) is 4.93. The maximum Gasteiger partial charge on any atom is 0.261 e. The summed E-state index contributed by atoms with van der Waals surface area (Å²) in [5, 5.41) is 2.74. The third-order valence-electron chi connectivity index (χ3n) is 5.23. The Hall–Kier alpha value is -3.72. The van der Waals surface area contributed by atoms with E-state index in [9.17, 15) is 18.0 Å². The van der Waals surface area contributed by atoms with E-state index in [1.54, 1.807) is 59.8 Å². The Kier molecular flexibility index (Phi) is 5.67. The van der Waals surface area contributed by atoms with E-state index in [-0.39, 0.29) is 28.4 Å². The van der Waals surface area contributed by atoms with Crippen molar-refractivity contribution < 1.29 is 18.0 Å². The Morgan fingerprint density at radius 1 is 1.03 bits per heavy atom. The van der Waals surface area contributed by atoms with Crippen molar-refractivity contribution in [1.82, 2.24) is 4.98 Å². The van der Waals surface area contributed by atoms with Gasteiger partial charge < -0.3 is 10.2 Å². The van der Waals surface area contributed by atoms with Gasteiger partial charge in [0.15, 0.2) is 0 Å². The number of nitrogens with zero attached hydrogens (tertiary/aromatic N) is 2. The molecule has 0 fully saturated rings. The minimum Gasteiger partial charge on any atom is -0.322 e. The van der Waals surface area contributed by atoms with E-state index in [2.05, 4.69) is 15.0 Å². The quantitative estimate of drug-likeness (QED) is 0.619. The van der Waals surface area contributed by atoms with Gasteiger partial charge >= 0.3 is 0 Å². The van der Waals surface area contributed by atoms with Crippen molar-refractivity contribution in [3.05, 3.63) is 78.1 Å². The highest BCUT2D eigenvalue weighted by atomic mass is 32.2. The average molecular weight is 451 g/mol. The molecule has 32 heavy (non-hydrogen) atoms. The third-order valence-corrected chi connectivity index (χ3v) is 6.61. The van der Waals surface area contributed by atoms with Crippen LogP contribution in [0.4, 0.5) is 17.1 Å². The van der Waals surface area contributed by atoms with Crippen LogP contribution in [-0.2, 0) is 21.2 Å². The maximum atomic E-state index is 13.0. The smallest absolute Gasteiger partial charge is 0.261 e. The Balaban J connectivity index is 1.54. The monoisotopic (exact) mass is 450 g/mol. The minimum absolute atomic E-state index is 0.0241. The molecule has 8 nitrogen and oxygen atoms in total. The van der Waals surface area contributed by atoms with Crippen LogP contribution in [0.5, 0.6) is 0 Å². The fourth-order valence-electron chi connectivity index (χ4n) is 3.83. The van der Waals surface area contributed by atoms with Gasteiger partial charge in [0.2, 0.25) is 5.91 Å². The number of carbonyl (C=O) groups excluding carboxylic acids is 2. The summed E-state index contributed by atoms with van der Waals surface area (Å²) in [6.45, 7) is 3.42. The molecule has 4 rings (SSSR count). The highest BCUT2D eigenvalue weighted by molar-refractivity contribution is 7.92. The van der Waals surface area contributed by atoms with Gasteiger partial charge in [-0.1, -0.05) is 6.07 Å². The van der Waals surface area contributed by atoms with Crippen molar-refractivity contribution in [2.24, 2.45) is 0 Å². The van der Waals surface area contributed by atoms with E-state index < -0.39 is 10.0 Å².